The second-order valence-electron chi connectivity index (χ2n) is 4.93. The molecule has 1 aliphatic carbocycles. The molecule has 1 fully saturated rings. The maximum absolute atomic E-state index is 11.9. The number of amides is 1. The van der Waals surface area contributed by atoms with Gasteiger partial charge in [0.05, 0.1) is 10.6 Å². The van der Waals surface area contributed by atoms with Crippen LogP contribution in [0, 0.1) is 0 Å². The molecule has 0 aliphatic heterocycles. The van der Waals surface area contributed by atoms with Crippen LogP contribution in [0.2, 0.25) is 10.0 Å². The van der Waals surface area contributed by atoms with Crippen LogP contribution >= 0.6 is 23.2 Å². The van der Waals surface area contributed by atoms with Crippen LogP contribution in [-0.4, -0.2) is 16.9 Å². The summed E-state index contributed by atoms with van der Waals surface area (Å²) in [5.74, 6) is 0.368. The number of benzene rings is 1. The van der Waals surface area contributed by atoms with Gasteiger partial charge < -0.3 is 10.6 Å². The Kier molecular flexibility index (Phi) is 3.99. The number of carbonyl (C=O) groups excluding carboxylic acids is 1. The van der Waals surface area contributed by atoms with Crippen molar-refractivity contribution in [1.29, 1.82) is 0 Å². The Labute approximate surface area is 132 Å². The summed E-state index contributed by atoms with van der Waals surface area (Å²) >= 11 is 12.0. The van der Waals surface area contributed by atoms with Crippen molar-refractivity contribution < 1.29 is 4.79 Å². The maximum atomic E-state index is 11.9. The lowest BCUT2D eigenvalue weighted by atomic mass is 10.2. The van der Waals surface area contributed by atoms with Gasteiger partial charge in [-0.25, -0.2) is 4.98 Å². The van der Waals surface area contributed by atoms with E-state index in [2.05, 4.69) is 15.6 Å². The molecule has 0 bridgehead atoms. The molecule has 0 spiro atoms. The van der Waals surface area contributed by atoms with Crippen LogP contribution in [0.15, 0.2) is 36.5 Å². The van der Waals surface area contributed by atoms with Crippen molar-refractivity contribution >= 4 is 40.6 Å². The molecule has 0 atom stereocenters. The molecule has 1 aromatic heterocycles. The first-order valence-electron chi connectivity index (χ1n) is 6.61. The molecular weight excluding hydrogens is 309 g/mol. The first-order valence-corrected chi connectivity index (χ1v) is 7.36. The van der Waals surface area contributed by atoms with E-state index in [-0.39, 0.29) is 5.91 Å². The quantitative estimate of drug-likeness (QED) is 0.894. The average molecular weight is 322 g/mol. The molecule has 108 valence electrons. The number of anilines is 2. The van der Waals surface area contributed by atoms with Gasteiger partial charge in [-0.15, -0.1) is 0 Å². The summed E-state index contributed by atoms with van der Waals surface area (Å²) in [5.41, 5.74) is 1.29. The molecule has 0 unspecified atom stereocenters. The zero-order valence-electron chi connectivity index (χ0n) is 11.1. The molecule has 2 aromatic rings. The summed E-state index contributed by atoms with van der Waals surface area (Å²) in [6.45, 7) is 0. The number of aromatic nitrogens is 1. The van der Waals surface area contributed by atoms with Crippen LogP contribution in [0.3, 0.4) is 0 Å². The van der Waals surface area contributed by atoms with Crippen LogP contribution in [0.25, 0.3) is 0 Å². The molecule has 2 N–H and O–H groups in total. The highest BCUT2D eigenvalue weighted by atomic mass is 35.5. The highest BCUT2D eigenvalue weighted by molar-refractivity contribution is 6.33. The van der Waals surface area contributed by atoms with E-state index in [9.17, 15) is 4.79 Å². The molecule has 1 heterocycles. The highest BCUT2D eigenvalue weighted by Crippen LogP contribution is 2.25. The monoisotopic (exact) mass is 321 g/mol. The molecule has 0 radical (unpaired) electrons. The Balaban J connectivity index is 1.74. The third-order valence-corrected chi connectivity index (χ3v) is 3.66. The molecule has 21 heavy (non-hydrogen) atoms. The summed E-state index contributed by atoms with van der Waals surface area (Å²) < 4.78 is 0. The van der Waals surface area contributed by atoms with Gasteiger partial charge in [0, 0.05) is 22.9 Å². The topological polar surface area (TPSA) is 54.0 Å². The van der Waals surface area contributed by atoms with Crippen molar-refractivity contribution in [2.24, 2.45) is 0 Å². The van der Waals surface area contributed by atoms with Crippen molar-refractivity contribution in [3.05, 3.63) is 52.1 Å². The maximum Gasteiger partial charge on any atom is 0.253 e. The second-order valence-corrected chi connectivity index (χ2v) is 5.78. The van der Waals surface area contributed by atoms with E-state index >= 15 is 0 Å². The molecule has 4 nitrogen and oxygen atoms in total. The summed E-state index contributed by atoms with van der Waals surface area (Å²) in [6.07, 6.45) is 3.61. The molecule has 1 amide bonds. The zero-order chi connectivity index (χ0) is 14.8. The van der Waals surface area contributed by atoms with Gasteiger partial charge in [-0.1, -0.05) is 23.2 Å². The largest absolute Gasteiger partial charge is 0.349 e. The van der Waals surface area contributed by atoms with Crippen molar-refractivity contribution in [3.8, 4) is 0 Å². The highest BCUT2D eigenvalue weighted by Gasteiger charge is 2.24. The van der Waals surface area contributed by atoms with Gasteiger partial charge in [-0.05, 0) is 43.2 Å². The third-order valence-electron chi connectivity index (χ3n) is 3.12. The van der Waals surface area contributed by atoms with Crippen LogP contribution in [0.1, 0.15) is 23.2 Å². The van der Waals surface area contributed by atoms with Crippen LogP contribution in [0.4, 0.5) is 11.5 Å². The first kappa shape index (κ1) is 14.2. The Morgan fingerprint density at radius 2 is 1.90 bits per heavy atom. The van der Waals surface area contributed by atoms with Gasteiger partial charge in [0.1, 0.15) is 5.82 Å². The summed E-state index contributed by atoms with van der Waals surface area (Å²) in [5, 5.41) is 7.04. The fraction of sp³-hybridized carbons (Fsp3) is 0.200. The lowest BCUT2D eigenvalue weighted by molar-refractivity contribution is 0.0951. The van der Waals surface area contributed by atoms with Crippen molar-refractivity contribution in [1.82, 2.24) is 10.3 Å². The SMILES string of the molecule is O=C(NC1CC1)c1cnc(Nc2ccc(Cl)cc2)c(Cl)c1. The fourth-order valence-electron chi connectivity index (χ4n) is 1.82. The normalized spacial score (nSPS) is 13.8. The molecule has 3 rings (SSSR count). The van der Waals surface area contributed by atoms with Gasteiger partial charge in [0.25, 0.3) is 5.91 Å². The van der Waals surface area contributed by atoms with E-state index in [0.29, 0.717) is 27.5 Å². The van der Waals surface area contributed by atoms with Gasteiger partial charge in [0.15, 0.2) is 0 Å². The van der Waals surface area contributed by atoms with E-state index in [1.165, 1.54) is 6.20 Å². The van der Waals surface area contributed by atoms with Gasteiger partial charge in [-0.3, -0.25) is 4.79 Å². The van der Waals surface area contributed by atoms with E-state index in [0.717, 1.165) is 18.5 Å². The minimum Gasteiger partial charge on any atom is -0.349 e. The summed E-state index contributed by atoms with van der Waals surface area (Å²) in [6, 6.07) is 9.13. The van der Waals surface area contributed by atoms with Crippen molar-refractivity contribution in [3.63, 3.8) is 0 Å². The molecule has 6 heteroatoms. The van der Waals surface area contributed by atoms with Crippen LogP contribution in [-0.2, 0) is 0 Å². The number of carbonyl (C=O) groups is 1. The minimum absolute atomic E-state index is 0.134. The lowest BCUT2D eigenvalue weighted by Gasteiger charge is -2.09. The molecular formula is C15H13Cl2N3O. The second kappa shape index (κ2) is 5.92. The number of halogens is 2. The van der Waals surface area contributed by atoms with Crippen molar-refractivity contribution in [2.75, 3.05) is 5.32 Å². The Morgan fingerprint density at radius 1 is 1.19 bits per heavy atom. The number of pyridine rings is 1. The van der Waals surface area contributed by atoms with E-state index in [1.54, 1.807) is 18.2 Å². The van der Waals surface area contributed by atoms with E-state index < -0.39 is 0 Å². The smallest absolute Gasteiger partial charge is 0.253 e. The zero-order valence-corrected chi connectivity index (χ0v) is 12.6. The molecule has 1 aliphatic rings. The predicted molar refractivity (Wildman–Crippen MR) is 84.5 cm³/mol. The van der Waals surface area contributed by atoms with Gasteiger partial charge in [0.2, 0.25) is 0 Å². The number of hydrogen-bond donors (Lipinski definition) is 2. The van der Waals surface area contributed by atoms with Crippen LogP contribution in [0.5, 0.6) is 0 Å². The molecule has 0 saturated heterocycles. The standard InChI is InChI=1S/C15H13Cl2N3O/c16-10-1-3-11(4-2-10)19-14-13(17)7-9(8-18-14)15(21)20-12-5-6-12/h1-4,7-8,12H,5-6H2,(H,18,19)(H,20,21). The van der Waals surface area contributed by atoms with Crippen molar-refractivity contribution in [2.45, 2.75) is 18.9 Å². The Morgan fingerprint density at radius 3 is 2.52 bits per heavy atom. The van der Waals surface area contributed by atoms with E-state index in [1.807, 2.05) is 12.1 Å². The number of nitrogens with one attached hydrogen (secondary N) is 2. The fourth-order valence-corrected chi connectivity index (χ4v) is 2.16. The number of rotatable bonds is 4. The Hall–Kier alpha value is -1.78. The van der Waals surface area contributed by atoms with Gasteiger partial charge >= 0.3 is 0 Å². The summed E-state index contributed by atoms with van der Waals surface area (Å²) in [4.78, 5) is 16.1. The van der Waals surface area contributed by atoms with E-state index in [4.69, 9.17) is 23.2 Å². The lowest BCUT2D eigenvalue weighted by Crippen LogP contribution is -2.25. The van der Waals surface area contributed by atoms with Gasteiger partial charge in [-0.2, -0.15) is 0 Å². The summed E-state index contributed by atoms with van der Waals surface area (Å²) in [7, 11) is 0. The first-order chi connectivity index (χ1) is 10.1. The third kappa shape index (κ3) is 3.65. The predicted octanol–water partition coefficient (Wildman–Crippen LogP) is 4.02. The Bertz CT molecular complexity index is 669. The van der Waals surface area contributed by atoms with Crippen LogP contribution < -0.4 is 10.6 Å². The molecule has 1 aromatic carbocycles. The molecule has 1 saturated carbocycles. The average Bonchev–Trinajstić information content (AvgIpc) is 3.27. The minimum atomic E-state index is -0.134. The number of nitrogens with zero attached hydrogens (tertiary/aromatic N) is 1. The number of hydrogen-bond acceptors (Lipinski definition) is 3.